The van der Waals surface area contributed by atoms with E-state index in [9.17, 15) is 14.4 Å². The Labute approximate surface area is 411 Å². The van der Waals surface area contributed by atoms with Gasteiger partial charge in [-0.15, -0.1) is 0 Å². The highest BCUT2D eigenvalue weighted by molar-refractivity contribution is 5.71. The molecule has 1 atom stereocenters. The molecule has 0 fully saturated rings. The first kappa shape index (κ1) is 63.9. The van der Waals surface area contributed by atoms with Gasteiger partial charge in [0, 0.05) is 19.3 Å². The standard InChI is InChI=1S/C60H112O6/c1-4-7-10-13-16-19-22-25-27-29-30-32-33-35-38-41-44-47-50-53-59(62)65-56-57(55-64-58(61)52-49-46-43-40-37-24-21-18-15-12-9-6-3)66-60(63)54-51-48-45-42-39-36-34-31-28-26-23-20-17-14-11-8-5-2/h26,28-30,57H,4-25,27,31-56H2,1-3H3/b28-26-,30-29-. The van der Waals surface area contributed by atoms with Gasteiger partial charge in [0.15, 0.2) is 6.10 Å². The molecule has 388 valence electrons. The van der Waals surface area contributed by atoms with E-state index in [2.05, 4.69) is 45.1 Å². The Balaban J connectivity index is 4.31. The maximum absolute atomic E-state index is 12.8. The van der Waals surface area contributed by atoms with Crippen molar-refractivity contribution >= 4 is 17.9 Å². The predicted octanol–water partition coefficient (Wildman–Crippen LogP) is 19.5. The molecule has 0 saturated carbocycles. The SMILES string of the molecule is CCCCCCCC/C=C\CCCCCCCCCC(=O)OC(COC(=O)CCCCCCCCC/C=C\CCCCCCCCCC)COC(=O)CCCCCCCCCCCCCC. The molecular formula is C60H112O6. The van der Waals surface area contributed by atoms with E-state index in [1.165, 1.54) is 225 Å². The highest BCUT2D eigenvalue weighted by Crippen LogP contribution is 2.16. The fraction of sp³-hybridized carbons (Fsp3) is 0.883. The maximum atomic E-state index is 12.8. The summed E-state index contributed by atoms with van der Waals surface area (Å²) in [6, 6.07) is 0. The number of hydrogen-bond donors (Lipinski definition) is 0. The van der Waals surface area contributed by atoms with E-state index in [0.29, 0.717) is 19.3 Å². The molecule has 0 N–H and O–H groups in total. The van der Waals surface area contributed by atoms with Gasteiger partial charge in [0.25, 0.3) is 0 Å². The molecule has 0 amide bonds. The molecule has 66 heavy (non-hydrogen) atoms. The highest BCUT2D eigenvalue weighted by Gasteiger charge is 2.19. The molecule has 0 saturated heterocycles. The molecule has 0 aliphatic carbocycles. The Bertz CT molecular complexity index is 1070. The summed E-state index contributed by atoms with van der Waals surface area (Å²) in [5.41, 5.74) is 0. The van der Waals surface area contributed by atoms with Gasteiger partial charge >= 0.3 is 17.9 Å². The summed E-state index contributed by atoms with van der Waals surface area (Å²) in [5, 5.41) is 0. The van der Waals surface area contributed by atoms with Gasteiger partial charge in [0.1, 0.15) is 13.2 Å². The molecule has 6 heteroatoms. The van der Waals surface area contributed by atoms with E-state index in [0.717, 1.165) is 57.8 Å². The van der Waals surface area contributed by atoms with E-state index in [1.807, 2.05) is 0 Å². The van der Waals surface area contributed by atoms with Gasteiger partial charge in [-0.05, 0) is 70.6 Å². The average Bonchev–Trinajstić information content (AvgIpc) is 3.31. The molecule has 0 spiro atoms. The van der Waals surface area contributed by atoms with E-state index >= 15 is 0 Å². The summed E-state index contributed by atoms with van der Waals surface area (Å²) in [4.78, 5) is 38.1. The van der Waals surface area contributed by atoms with E-state index in [4.69, 9.17) is 14.2 Å². The number of rotatable bonds is 54. The lowest BCUT2D eigenvalue weighted by molar-refractivity contribution is -0.167. The molecule has 0 bridgehead atoms. The number of hydrogen-bond acceptors (Lipinski definition) is 6. The lowest BCUT2D eigenvalue weighted by atomic mass is 10.0. The van der Waals surface area contributed by atoms with Gasteiger partial charge in [0.2, 0.25) is 0 Å². The van der Waals surface area contributed by atoms with Crippen molar-refractivity contribution in [1.82, 2.24) is 0 Å². The van der Waals surface area contributed by atoms with Crippen molar-refractivity contribution in [3.63, 3.8) is 0 Å². The fourth-order valence-corrected chi connectivity index (χ4v) is 8.73. The van der Waals surface area contributed by atoms with Crippen LogP contribution in [-0.2, 0) is 28.6 Å². The summed E-state index contributed by atoms with van der Waals surface area (Å²) in [7, 11) is 0. The van der Waals surface area contributed by atoms with Crippen LogP contribution in [0.1, 0.15) is 323 Å². The first-order valence-corrected chi connectivity index (χ1v) is 29.3. The van der Waals surface area contributed by atoms with Gasteiger partial charge in [-0.2, -0.15) is 0 Å². The molecule has 0 rings (SSSR count). The highest BCUT2D eigenvalue weighted by atomic mass is 16.6. The fourth-order valence-electron chi connectivity index (χ4n) is 8.73. The van der Waals surface area contributed by atoms with Crippen LogP contribution >= 0.6 is 0 Å². The number of carbonyl (C=O) groups is 3. The van der Waals surface area contributed by atoms with Crippen LogP contribution in [0.2, 0.25) is 0 Å². The minimum Gasteiger partial charge on any atom is -0.462 e. The van der Waals surface area contributed by atoms with E-state index < -0.39 is 6.10 Å². The molecule has 0 aromatic carbocycles. The maximum Gasteiger partial charge on any atom is 0.306 e. The minimum absolute atomic E-state index is 0.0700. The topological polar surface area (TPSA) is 78.9 Å². The second-order valence-corrected chi connectivity index (χ2v) is 19.9. The van der Waals surface area contributed by atoms with Crippen molar-refractivity contribution in [2.45, 2.75) is 329 Å². The molecule has 6 nitrogen and oxygen atoms in total. The van der Waals surface area contributed by atoms with Crippen molar-refractivity contribution in [2.75, 3.05) is 13.2 Å². The number of allylic oxidation sites excluding steroid dienone is 4. The Morgan fingerprint density at radius 1 is 0.288 bits per heavy atom. The monoisotopic (exact) mass is 929 g/mol. The summed E-state index contributed by atoms with van der Waals surface area (Å²) in [6.07, 6.45) is 64.5. The molecule has 0 radical (unpaired) electrons. The number of carbonyl (C=O) groups excluding carboxylic acids is 3. The van der Waals surface area contributed by atoms with Crippen LogP contribution in [0.3, 0.4) is 0 Å². The molecular weight excluding hydrogens is 817 g/mol. The van der Waals surface area contributed by atoms with Crippen molar-refractivity contribution in [3.8, 4) is 0 Å². The zero-order chi connectivity index (χ0) is 47.9. The molecule has 0 aromatic heterocycles. The summed E-state index contributed by atoms with van der Waals surface area (Å²) in [5.74, 6) is -0.860. The summed E-state index contributed by atoms with van der Waals surface area (Å²) >= 11 is 0. The van der Waals surface area contributed by atoms with Gasteiger partial charge in [0.05, 0.1) is 0 Å². The Kier molecular flexibility index (Phi) is 53.7. The molecule has 0 aliphatic heterocycles. The third kappa shape index (κ3) is 52.9. The zero-order valence-corrected chi connectivity index (χ0v) is 44.5. The predicted molar refractivity (Wildman–Crippen MR) is 284 cm³/mol. The second kappa shape index (κ2) is 55.5. The minimum atomic E-state index is -0.771. The summed E-state index contributed by atoms with van der Waals surface area (Å²) in [6.45, 7) is 6.67. The van der Waals surface area contributed by atoms with Gasteiger partial charge in [-0.25, -0.2) is 0 Å². The van der Waals surface area contributed by atoms with Crippen LogP contribution in [0.5, 0.6) is 0 Å². The van der Waals surface area contributed by atoms with Crippen LogP contribution in [0, 0.1) is 0 Å². The lowest BCUT2D eigenvalue weighted by Gasteiger charge is -2.18. The number of esters is 3. The number of unbranched alkanes of at least 4 members (excludes halogenated alkanes) is 39. The van der Waals surface area contributed by atoms with Crippen LogP contribution in [0.25, 0.3) is 0 Å². The Morgan fingerprint density at radius 3 is 0.758 bits per heavy atom. The van der Waals surface area contributed by atoms with Crippen LogP contribution < -0.4 is 0 Å². The quantitative estimate of drug-likeness (QED) is 0.0262. The molecule has 1 unspecified atom stereocenters. The van der Waals surface area contributed by atoms with Gasteiger partial charge < -0.3 is 14.2 Å². The van der Waals surface area contributed by atoms with E-state index in [1.54, 1.807) is 0 Å². The molecule has 0 heterocycles. The smallest absolute Gasteiger partial charge is 0.306 e. The first-order chi connectivity index (χ1) is 32.5. The van der Waals surface area contributed by atoms with Crippen LogP contribution in [-0.4, -0.2) is 37.2 Å². The largest absolute Gasteiger partial charge is 0.462 e. The zero-order valence-electron chi connectivity index (χ0n) is 44.5. The van der Waals surface area contributed by atoms with Crippen molar-refractivity contribution in [3.05, 3.63) is 24.3 Å². The molecule has 0 aliphatic rings. The average molecular weight is 930 g/mol. The Morgan fingerprint density at radius 2 is 0.500 bits per heavy atom. The second-order valence-electron chi connectivity index (χ2n) is 19.9. The van der Waals surface area contributed by atoms with Gasteiger partial charge in [-0.1, -0.05) is 257 Å². The van der Waals surface area contributed by atoms with Crippen LogP contribution in [0.4, 0.5) is 0 Å². The van der Waals surface area contributed by atoms with Gasteiger partial charge in [-0.3, -0.25) is 14.4 Å². The molecule has 0 aromatic rings. The number of ether oxygens (including phenoxy) is 3. The Hall–Kier alpha value is -2.11. The van der Waals surface area contributed by atoms with Crippen molar-refractivity contribution < 1.29 is 28.6 Å². The van der Waals surface area contributed by atoms with E-state index in [-0.39, 0.29) is 31.1 Å². The van der Waals surface area contributed by atoms with Crippen molar-refractivity contribution in [1.29, 1.82) is 0 Å². The third-order valence-electron chi connectivity index (χ3n) is 13.2. The van der Waals surface area contributed by atoms with Crippen LogP contribution in [0.15, 0.2) is 24.3 Å². The summed E-state index contributed by atoms with van der Waals surface area (Å²) < 4.78 is 16.9. The van der Waals surface area contributed by atoms with Crippen molar-refractivity contribution in [2.24, 2.45) is 0 Å². The third-order valence-corrected chi connectivity index (χ3v) is 13.2. The lowest BCUT2D eigenvalue weighted by Crippen LogP contribution is -2.30. The normalized spacial score (nSPS) is 12.1. The first-order valence-electron chi connectivity index (χ1n) is 29.3.